The van der Waals surface area contributed by atoms with Gasteiger partial charge in [0, 0.05) is 33.8 Å². The van der Waals surface area contributed by atoms with Crippen molar-refractivity contribution >= 4 is 37.8 Å². The maximum Gasteiger partial charge on any atom is 0.228 e. The van der Waals surface area contributed by atoms with Crippen LogP contribution in [0.15, 0.2) is 47.1 Å². The number of ketones is 1. The number of nitrogens with zero attached hydrogens (tertiary/aromatic N) is 1. The average molecular weight is 393 g/mol. The molecule has 2 aliphatic rings. The molecule has 1 unspecified atom stereocenters. The van der Waals surface area contributed by atoms with Gasteiger partial charge in [0.1, 0.15) is 0 Å². The van der Waals surface area contributed by atoms with Crippen molar-refractivity contribution in [3.63, 3.8) is 0 Å². The molecule has 0 amide bonds. The van der Waals surface area contributed by atoms with Crippen molar-refractivity contribution in [3.05, 3.63) is 59.6 Å². The number of thiophene rings is 1. The quantitative estimate of drug-likeness (QED) is 0.611. The fourth-order valence-corrected chi connectivity index (χ4v) is 5.63. The molecule has 0 spiro atoms. The SMILES string of the molecule is Nc1sc2ccc(C(=O)c3ccco3)cc2c1C1=CCN2CCCCC2CC1. The Kier molecular flexibility index (Phi) is 4.57. The van der Waals surface area contributed by atoms with Gasteiger partial charge < -0.3 is 10.2 Å². The number of nitrogen functional groups attached to an aromatic ring is 1. The molecule has 144 valence electrons. The molecule has 4 nitrogen and oxygen atoms in total. The van der Waals surface area contributed by atoms with Crippen LogP contribution in [0.2, 0.25) is 0 Å². The molecule has 5 rings (SSSR count). The second kappa shape index (κ2) is 7.22. The maximum atomic E-state index is 12.7. The predicted molar refractivity (Wildman–Crippen MR) is 115 cm³/mol. The summed E-state index contributed by atoms with van der Waals surface area (Å²) in [7, 11) is 0. The van der Waals surface area contributed by atoms with Crippen molar-refractivity contribution in [1.29, 1.82) is 0 Å². The normalized spacial score (nSPS) is 20.6. The Hall–Kier alpha value is -2.37. The van der Waals surface area contributed by atoms with Crippen molar-refractivity contribution in [2.24, 2.45) is 0 Å². The van der Waals surface area contributed by atoms with Gasteiger partial charge in [-0.15, -0.1) is 11.3 Å². The molecule has 2 aromatic heterocycles. The van der Waals surface area contributed by atoms with Gasteiger partial charge in [0.15, 0.2) is 5.76 Å². The predicted octanol–water partition coefficient (Wildman–Crippen LogP) is 5.34. The number of nitrogens with two attached hydrogens (primary N) is 1. The van der Waals surface area contributed by atoms with Crippen molar-refractivity contribution in [3.8, 4) is 0 Å². The van der Waals surface area contributed by atoms with Crippen LogP contribution in [-0.2, 0) is 0 Å². The van der Waals surface area contributed by atoms with Crippen molar-refractivity contribution in [2.45, 2.75) is 38.1 Å². The summed E-state index contributed by atoms with van der Waals surface area (Å²) in [6, 6.07) is 10.0. The van der Waals surface area contributed by atoms with E-state index in [1.165, 1.54) is 44.1 Å². The first kappa shape index (κ1) is 17.7. The van der Waals surface area contributed by atoms with Gasteiger partial charge in [0.2, 0.25) is 5.78 Å². The highest BCUT2D eigenvalue weighted by Gasteiger charge is 2.26. The number of hydrogen-bond acceptors (Lipinski definition) is 5. The number of fused-ring (bicyclic) bond motifs is 2. The molecular formula is C23H24N2O2S. The fraction of sp³-hybridized carbons (Fsp3) is 0.348. The molecule has 5 heteroatoms. The highest BCUT2D eigenvalue weighted by molar-refractivity contribution is 7.23. The Labute approximate surface area is 168 Å². The largest absolute Gasteiger partial charge is 0.461 e. The first-order chi connectivity index (χ1) is 13.7. The highest BCUT2D eigenvalue weighted by Crippen LogP contribution is 2.41. The smallest absolute Gasteiger partial charge is 0.228 e. The Balaban J connectivity index is 1.53. The first-order valence-corrected chi connectivity index (χ1v) is 10.9. The van der Waals surface area contributed by atoms with E-state index in [0.29, 0.717) is 17.4 Å². The lowest BCUT2D eigenvalue weighted by Crippen LogP contribution is -2.38. The molecule has 28 heavy (non-hydrogen) atoms. The van der Waals surface area contributed by atoms with Crippen LogP contribution in [0.4, 0.5) is 5.00 Å². The van der Waals surface area contributed by atoms with Crippen molar-refractivity contribution < 1.29 is 9.21 Å². The van der Waals surface area contributed by atoms with Gasteiger partial charge in [-0.2, -0.15) is 0 Å². The number of furan rings is 1. The van der Waals surface area contributed by atoms with Gasteiger partial charge in [-0.05, 0) is 68.1 Å². The lowest BCUT2D eigenvalue weighted by atomic mass is 9.94. The van der Waals surface area contributed by atoms with Crippen LogP contribution < -0.4 is 5.73 Å². The summed E-state index contributed by atoms with van der Waals surface area (Å²) in [5.41, 5.74) is 9.58. The van der Waals surface area contributed by atoms with Crippen LogP contribution in [0.3, 0.4) is 0 Å². The van der Waals surface area contributed by atoms with Gasteiger partial charge in [-0.25, -0.2) is 0 Å². The number of carbonyl (C=O) groups excluding carboxylic acids is 1. The second-order valence-corrected chi connectivity index (χ2v) is 8.86. The molecule has 1 aromatic carbocycles. The Bertz CT molecular complexity index is 1050. The third-order valence-electron chi connectivity index (χ3n) is 6.11. The third kappa shape index (κ3) is 3.09. The molecule has 0 bridgehead atoms. The molecule has 1 fully saturated rings. The molecule has 1 atom stereocenters. The average Bonchev–Trinajstić information content (AvgIpc) is 3.30. The minimum absolute atomic E-state index is 0.0883. The van der Waals surface area contributed by atoms with Crippen LogP contribution >= 0.6 is 11.3 Å². The van der Waals surface area contributed by atoms with E-state index in [4.69, 9.17) is 10.2 Å². The monoisotopic (exact) mass is 392 g/mol. The molecule has 0 radical (unpaired) electrons. The number of benzene rings is 1. The van der Waals surface area contributed by atoms with Crippen LogP contribution in [0.25, 0.3) is 15.7 Å². The van der Waals surface area contributed by atoms with E-state index in [-0.39, 0.29) is 5.78 Å². The van der Waals surface area contributed by atoms with Gasteiger partial charge in [-0.1, -0.05) is 12.5 Å². The number of hydrogen-bond donors (Lipinski definition) is 1. The molecule has 3 aromatic rings. The van der Waals surface area contributed by atoms with E-state index in [1.807, 2.05) is 18.2 Å². The highest BCUT2D eigenvalue weighted by atomic mass is 32.1. The third-order valence-corrected chi connectivity index (χ3v) is 7.11. The Morgan fingerprint density at radius 2 is 2.14 bits per heavy atom. The zero-order chi connectivity index (χ0) is 19.1. The standard InChI is InChI=1S/C23H24N2O2S/c24-23-21(15-6-8-17-4-1-2-11-25(17)12-10-15)18-14-16(7-9-20(18)28-23)22(26)19-5-3-13-27-19/h3,5,7,9-10,13-14,17H,1-2,4,6,8,11-12,24H2. The van der Waals surface area contributed by atoms with Crippen LogP contribution in [0, 0.1) is 0 Å². The van der Waals surface area contributed by atoms with E-state index in [2.05, 4.69) is 11.0 Å². The number of carbonyl (C=O) groups is 1. The molecule has 0 aliphatic carbocycles. The topological polar surface area (TPSA) is 59.5 Å². The molecule has 2 aliphatic heterocycles. The number of allylic oxidation sites excluding steroid dienone is 1. The number of anilines is 1. The van der Waals surface area contributed by atoms with Crippen LogP contribution in [0.5, 0.6) is 0 Å². The Morgan fingerprint density at radius 3 is 3.00 bits per heavy atom. The van der Waals surface area contributed by atoms with Gasteiger partial charge >= 0.3 is 0 Å². The zero-order valence-corrected chi connectivity index (χ0v) is 16.6. The van der Waals surface area contributed by atoms with Crippen molar-refractivity contribution in [2.75, 3.05) is 18.8 Å². The summed E-state index contributed by atoms with van der Waals surface area (Å²) in [5.74, 6) is 0.282. The first-order valence-electron chi connectivity index (χ1n) is 10.0. The summed E-state index contributed by atoms with van der Waals surface area (Å²) in [6.45, 7) is 2.21. The molecule has 2 N–H and O–H groups in total. The summed E-state index contributed by atoms with van der Waals surface area (Å²) in [4.78, 5) is 15.3. The van der Waals surface area contributed by atoms with E-state index in [0.717, 1.165) is 33.6 Å². The van der Waals surface area contributed by atoms with Gasteiger partial charge in [0.25, 0.3) is 0 Å². The number of piperidine rings is 1. The molecule has 4 heterocycles. The summed E-state index contributed by atoms with van der Waals surface area (Å²) >= 11 is 1.61. The zero-order valence-electron chi connectivity index (χ0n) is 15.8. The van der Waals surface area contributed by atoms with E-state index in [9.17, 15) is 4.79 Å². The van der Waals surface area contributed by atoms with E-state index < -0.39 is 0 Å². The summed E-state index contributed by atoms with van der Waals surface area (Å²) in [6.07, 6.45) is 10.1. The minimum Gasteiger partial charge on any atom is -0.461 e. The lowest BCUT2D eigenvalue weighted by Gasteiger charge is -2.33. The second-order valence-electron chi connectivity index (χ2n) is 7.77. The molecule has 1 saturated heterocycles. The molecule has 0 saturated carbocycles. The van der Waals surface area contributed by atoms with Crippen LogP contribution in [-0.4, -0.2) is 29.8 Å². The lowest BCUT2D eigenvalue weighted by molar-refractivity contribution is 0.101. The van der Waals surface area contributed by atoms with Gasteiger partial charge in [-0.3, -0.25) is 9.69 Å². The summed E-state index contributed by atoms with van der Waals surface area (Å²) < 4.78 is 6.43. The van der Waals surface area contributed by atoms with Crippen molar-refractivity contribution in [1.82, 2.24) is 4.90 Å². The van der Waals surface area contributed by atoms with Crippen LogP contribution in [0.1, 0.15) is 53.8 Å². The minimum atomic E-state index is -0.0883. The van der Waals surface area contributed by atoms with E-state index in [1.54, 1.807) is 23.5 Å². The van der Waals surface area contributed by atoms with E-state index >= 15 is 0 Å². The van der Waals surface area contributed by atoms with Gasteiger partial charge in [0.05, 0.1) is 11.3 Å². The molecular weight excluding hydrogens is 368 g/mol. The Morgan fingerprint density at radius 1 is 1.21 bits per heavy atom. The fourth-order valence-electron chi connectivity index (χ4n) is 4.65. The summed E-state index contributed by atoms with van der Waals surface area (Å²) in [5, 5.41) is 1.94. The number of rotatable bonds is 3. The maximum absolute atomic E-state index is 12.7.